The molecule has 1 aromatic carbocycles. The smallest absolute Gasteiger partial charge is 0.262 e. The van der Waals surface area contributed by atoms with Crippen LogP contribution in [0.15, 0.2) is 36.9 Å². The number of hydrogen-bond donors (Lipinski definition) is 1. The summed E-state index contributed by atoms with van der Waals surface area (Å²) in [6, 6.07) is 7.75. The Hall–Kier alpha value is -1.92. The Morgan fingerprint density at radius 1 is 1.38 bits per heavy atom. The van der Waals surface area contributed by atoms with E-state index in [9.17, 15) is 4.79 Å². The van der Waals surface area contributed by atoms with Crippen LogP contribution in [0.3, 0.4) is 0 Å². The van der Waals surface area contributed by atoms with Gasteiger partial charge in [0, 0.05) is 23.2 Å². The molecule has 0 spiro atoms. The number of nitrogens with one attached hydrogen (secondary N) is 1. The Balaban J connectivity index is 1.60. The summed E-state index contributed by atoms with van der Waals surface area (Å²) < 4.78 is 2.76. The van der Waals surface area contributed by atoms with Gasteiger partial charge in [0.1, 0.15) is 17.5 Å². The Kier molecular flexibility index (Phi) is 4.17. The van der Waals surface area contributed by atoms with Gasteiger partial charge in [-0.15, -0.1) is 11.3 Å². The third-order valence-corrected chi connectivity index (χ3v) is 4.73. The van der Waals surface area contributed by atoms with Crippen LogP contribution >= 0.6 is 22.9 Å². The molecular weight excluding hydrogens is 308 g/mol. The molecule has 0 aliphatic rings. The van der Waals surface area contributed by atoms with Crippen LogP contribution in [-0.2, 0) is 6.54 Å². The second-order valence-electron chi connectivity index (χ2n) is 4.51. The maximum absolute atomic E-state index is 12.2. The first-order valence-corrected chi connectivity index (χ1v) is 7.73. The maximum Gasteiger partial charge on any atom is 0.262 e. The molecule has 0 radical (unpaired) electrons. The normalized spacial score (nSPS) is 10.9. The third kappa shape index (κ3) is 3.06. The third-order valence-electron chi connectivity index (χ3n) is 3.06. The first-order chi connectivity index (χ1) is 10.3. The Labute approximate surface area is 130 Å². The fourth-order valence-corrected chi connectivity index (χ4v) is 3.46. The molecule has 2 aromatic heterocycles. The lowest BCUT2D eigenvalue weighted by molar-refractivity contribution is 0.0957. The van der Waals surface area contributed by atoms with Gasteiger partial charge in [0.05, 0.1) is 5.02 Å². The molecule has 0 atom stereocenters. The van der Waals surface area contributed by atoms with Crippen molar-refractivity contribution in [1.82, 2.24) is 20.1 Å². The average molecular weight is 321 g/mol. The molecular formula is C14H13ClN4OS. The number of hydrogen-bond acceptors (Lipinski definition) is 4. The highest BCUT2D eigenvalue weighted by Gasteiger charge is 2.16. The lowest BCUT2D eigenvalue weighted by Crippen LogP contribution is -2.24. The highest BCUT2D eigenvalue weighted by atomic mass is 35.5. The minimum absolute atomic E-state index is 0.125. The number of carbonyl (C=O) groups excluding carboxylic acids is 1. The first-order valence-electron chi connectivity index (χ1n) is 6.53. The molecule has 1 amide bonds. The summed E-state index contributed by atoms with van der Waals surface area (Å²) in [5.74, 6) is -0.125. The number of carbonyl (C=O) groups is 1. The van der Waals surface area contributed by atoms with Gasteiger partial charge in [-0.3, -0.25) is 9.48 Å². The SMILES string of the molecule is O=C(NCCCn1cncn1)c1sc2ccccc2c1Cl. The van der Waals surface area contributed by atoms with Gasteiger partial charge in [-0.2, -0.15) is 5.10 Å². The molecule has 0 aliphatic carbocycles. The first kappa shape index (κ1) is 14.0. The zero-order chi connectivity index (χ0) is 14.7. The fourth-order valence-electron chi connectivity index (χ4n) is 2.03. The molecule has 3 rings (SSSR count). The van der Waals surface area contributed by atoms with Crippen molar-refractivity contribution in [3.05, 3.63) is 46.8 Å². The number of halogens is 1. The number of nitrogens with zero attached hydrogens (tertiary/aromatic N) is 3. The summed E-state index contributed by atoms with van der Waals surface area (Å²) in [6.45, 7) is 1.30. The minimum Gasteiger partial charge on any atom is -0.351 e. The molecule has 3 aromatic rings. The number of benzene rings is 1. The number of amides is 1. The molecule has 1 N–H and O–H groups in total. The van der Waals surface area contributed by atoms with Crippen LogP contribution in [0.5, 0.6) is 0 Å². The van der Waals surface area contributed by atoms with E-state index in [2.05, 4.69) is 15.4 Å². The summed E-state index contributed by atoms with van der Waals surface area (Å²) in [7, 11) is 0. The number of rotatable bonds is 5. The van der Waals surface area contributed by atoms with E-state index in [1.54, 1.807) is 11.0 Å². The van der Waals surface area contributed by atoms with Crippen LogP contribution in [0, 0.1) is 0 Å². The number of thiophene rings is 1. The van der Waals surface area contributed by atoms with E-state index >= 15 is 0 Å². The van der Waals surface area contributed by atoms with Crippen LogP contribution in [0.25, 0.3) is 10.1 Å². The zero-order valence-corrected chi connectivity index (χ0v) is 12.7. The zero-order valence-electron chi connectivity index (χ0n) is 11.1. The van der Waals surface area contributed by atoms with Crippen LogP contribution in [0.2, 0.25) is 5.02 Å². The summed E-state index contributed by atoms with van der Waals surface area (Å²) >= 11 is 7.69. The van der Waals surface area contributed by atoms with Crippen LogP contribution in [-0.4, -0.2) is 27.2 Å². The topological polar surface area (TPSA) is 59.8 Å². The second kappa shape index (κ2) is 6.24. The molecule has 0 fully saturated rings. The van der Waals surface area contributed by atoms with E-state index in [-0.39, 0.29) is 5.91 Å². The predicted octanol–water partition coefficient (Wildman–Crippen LogP) is 2.97. The second-order valence-corrected chi connectivity index (χ2v) is 5.94. The molecule has 0 unspecified atom stereocenters. The van der Waals surface area contributed by atoms with E-state index in [4.69, 9.17) is 11.6 Å². The van der Waals surface area contributed by atoms with Gasteiger partial charge >= 0.3 is 0 Å². The summed E-state index contributed by atoms with van der Waals surface area (Å²) in [5, 5.41) is 8.36. The summed E-state index contributed by atoms with van der Waals surface area (Å²) in [5.41, 5.74) is 0. The molecule has 0 bridgehead atoms. The van der Waals surface area contributed by atoms with Crippen LogP contribution in [0.1, 0.15) is 16.1 Å². The van der Waals surface area contributed by atoms with Crippen molar-refractivity contribution in [3.8, 4) is 0 Å². The fraction of sp³-hybridized carbons (Fsp3) is 0.214. The minimum atomic E-state index is -0.125. The summed E-state index contributed by atoms with van der Waals surface area (Å²) in [6.07, 6.45) is 3.94. The molecule has 7 heteroatoms. The van der Waals surface area contributed by atoms with Gasteiger partial charge < -0.3 is 5.32 Å². The molecule has 108 valence electrons. The van der Waals surface area contributed by atoms with Crippen LogP contribution < -0.4 is 5.32 Å². The molecule has 0 aliphatic heterocycles. The van der Waals surface area contributed by atoms with Crippen LogP contribution in [0.4, 0.5) is 0 Å². The Bertz CT molecular complexity index is 754. The van der Waals surface area contributed by atoms with E-state index in [1.807, 2.05) is 24.3 Å². The van der Waals surface area contributed by atoms with Gasteiger partial charge in [0.2, 0.25) is 0 Å². The van der Waals surface area contributed by atoms with E-state index in [0.29, 0.717) is 16.4 Å². The number of aromatic nitrogens is 3. The molecule has 5 nitrogen and oxygen atoms in total. The van der Waals surface area contributed by atoms with Gasteiger partial charge in [0.25, 0.3) is 5.91 Å². The van der Waals surface area contributed by atoms with Crippen molar-refractivity contribution in [3.63, 3.8) is 0 Å². The van der Waals surface area contributed by atoms with Crippen molar-refractivity contribution in [2.45, 2.75) is 13.0 Å². The monoisotopic (exact) mass is 320 g/mol. The average Bonchev–Trinajstić information content (AvgIpc) is 3.12. The molecule has 0 saturated heterocycles. The lowest BCUT2D eigenvalue weighted by Gasteiger charge is -2.04. The molecule has 2 heterocycles. The number of aryl methyl sites for hydroxylation is 1. The van der Waals surface area contributed by atoms with Crippen molar-refractivity contribution in [2.75, 3.05) is 6.54 Å². The predicted molar refractivity (Wildman–Crippen MR) is 83.8 cm³/mol. The highest BCUT2D eigenvalue weighted by Crippen LogP contribution is 2.34. The van der Waals surface area contributed by atoms with Gasteiger partial charge in [-0.1, -0.05) is 29.8 Å². The van der Waals surface area contributed by atoms with Crippen molar-refractivity contribution >= 4 is 38.9 Å². The number of fused-ring (bicyclic) bond motifs is 1. The standard InChI is InChI=1S/C14H13ClN4OS/c15-12-10-4-1-2-5-11(10)21-13(12)14(20)17-6-3-7-19-9-16-8-18-19/h1-2,4-5,8-9H,3,6-7H2,(H,17,20). The van der Waals surface area contributed by atoms with E-state index in [0.717, 1.165) is 23.1 Å². The van der Waals surface area contributed by atoms with Crippen molar-refractivity contribution in [2.24, 2.45) is 0 Å². The molecule has 21 heavy (non-hydrogen) atoms. The van der Waals surface area contributed by atoms with Crippen molar-refractivity contribution < 1.29 is 4.79 Å². The maximum atomic E-state index is 12.2. The van der Waals surface area contributed by atoms with Crippen molar-refractivity contribution in [1.29, 1.82) is 0 Å². The quantitative estimate of drug-likeness (QED) is 0.735. The largest absolute Gasteiger partial charge is 0.351 e. The van der Waals surface area contributed by atoms with Gasteiger partial charge in [-0.25, -0.2) is 4.98 Å². The van der Waals surface area contributed by atoms with Gasteiger partial charge in [0.15, 0.2) is 0 Å². The van der Waals surface area contributed by atoms with E-state index < -0.39 is 0 Å². The van der Waals surface area contributed by atoms with E-state index in [1.165, 1.54) is 17.7 Å². The lowest BCUT2D eigenvalue weighted by atomic mass is 10.2. The molecule has 0 saturated carbocycles. The Morgan fingerprint density at radius 3 is 3.00 bits per heavy atom. The Morgan fingerprint density at radius 2 is 2.24 bits per heavy atom. The van der Waals surface area contributed by atoms with Gasteiger partial charge in [-0.05, 0) is 12.5 Å². The summed E-state index contributed by atoms with van der Waals surface area (Å²) in [4.78, 5) is 16.6. The highest BCUT2D eigenvalue weighted by molar-refractivity contribution is 7.21.